The first kappa shape index (κ1) is 12.8. The minimum atomic E-state index is 0.210. The topological polar surface area (TPSA) is 55.3 Å². The fraction of sp³-hybridized carbons (Fsp3) is 0.700. The van der Waals surface area contributed by atoms with Gasteiger partial charge in [-0.2, -0.15) is 0 Å². The molecule has 2 heterocycles. The molecule has 1 fully saturated rings. The summed E-state index contributed by atoms with van der Waals surface area (Å²) in [6.07, 6.45) is 0.559. The average Bonchev–Trinajstić information content (AvgIpc) is 2.76. The van der Waals surface area contributed by atoms with Crippen LogP contribution in [0.25, 0.3) is 0 Å². The molecule has 17 heavy (non-hydrogen) atoms. The molecule has 0 aromatic carbocycles. The summed E-state index contributed by atoms with van der Waals surface area (Å²) >= 11 is 3.17. The minimum Gasteiger partial charge on any atom is -0.378 e. The lowest BCUT2D eigenvalue weighted by Gasteiger charge is -2.26. The summed E-state index contributed by atoms with van der Waals surface area (Å²) in [6, 6.07) is 0. The zero-order valence-electron chi connectivity index (χ0n) is 9.72. The third-order valence-corrected chi connectivity index (χ3v) is 4.39. The van der Waals surface area contributed by atoms with Gasteiger partial charge in [-0.3, -0.25) is 4.79 Å². The molecule has 0 saturated carbocycles. The highest BCUT2D eigenvalue weighted by Gasteiger charge is 2.16. The summed E-state index contributed by atoms with van der Waals surface area (Å²) in [6.45, 7) is 4.70. The fourth-order valence-corrected chi connectivity index (χ4v) is 3.35. The first-order valence-electron chi connectivity index (χ1n) is 5.54. The largest absolute Gasteiger partial charge is 0.378 e. The van der Waals surface area contributed by atoms with Crippen molar-refractivity contribution < 1.29 is 9.53 Å². The summed E-state index contributed by atoms with van der Waals surface area (Å²) in [5.41, 5.74) is 0. The zero-order chi connectivity index (χ0) is 12.1. The predicted octanol–water partition coefficient (Wildman–Crippen LogP) is 1.19. The molecule has 0 N–H and O–H groups in total. The van der Waals surface area contributed by atoms with Crippen molar-refractivity contribution >= 4 is 29.0 Å². The molecule has 94 valence electrons. The zero-order valence-corrected chi connectivity index (χ0v) is 11.4. The summed E-state index contributed by atoms with van der Waals surface area (Å²) in [4.78, 5) is 13.7. The van der Waals surface area contributed by atoms with Crippen molar-refractivity contribution in [2.24, 2.45) is 0 Å². The van der Waals surface area contributed by atoms with E-state index in [-0.39, 0.29) is 5.91 Å². The van der Waals surface area contributed by atoms with Gasteiger partial charge in [0.1, 0.15) is 5.01 Å². The van der Waals surface area contributed by atoms with E-state index >= 15 is 0 Å². The van der Waals surface area contributed by atoms with E-state index < -0.39 is 0 Å². The second-order valence-electron chi connectivity index (χ2n) is 3.68. The lowest BCUT2D eigenvalue weighted by atomic mass is 10.3. The maximum atomic E-state index is 11.8. The van der Waals surface area contributed by atoms with Crippen molar-refractivity contribution in [3.8, 4) is 0 Å². The Bertz CT molecular complexity index is 377. The van der Waals surface area contributed by atoms with E-state index in [0.717, 1.165) is 28.2 Å². The molecule has 0 unspecified atom stereocenters. The Balaban J connectivity index is 1.69. The van der Waals surface area contributed by atoms with Crippen molar-refractivity contribution in [3.05, 3.63) is 5.01 Å². The van der Waals surface area contributed by atoms with Crippen molar-refractivity contribution in [1.29, 1.82) is 0 Å². The highest BCUT2D eigenvalue weighted by molar-refractivity contribution is 8.01. The van der Waals surface area contributed by atoms with Gasteiger partial charge in [0, 0.05) is 25.3 Å². The number of rotatable bonds is 4. The molecule has 0 bridgehead atoms. The van der Waals surface area contributed by atoms with Crippen molar-refractivity contribution in [2.75, 3.05) is 32.1 Å². The van der Waals surface area contributed by atoms with E-state index in [0.29, 0.717) is 19.6 Å². The number of aromatic nitrogens is 2. The van der Waals surface area contributed by atoms with Crippen LogP contribution >= 0.6 is 23.1 Å². The molecule has 1 aromatic heterocycles. The third-order valence-electron chi connectivity index (χ3n) is 2.41. The number of nitrogens with zero attached hydrogens (tertiary/aromatic N) is 3. The summed E-state index contributed by atoms with van der Waals surface area (Å²) in [5, 5.41) is 8.92. The minimum absolute atomic E-state index is 0.210. The van der Waals surface area contributed by atoms with Gasteiger partial charge in [-0.1, -0.05) is 23.1 Å². The molecule has 7 heteroatoms. The molecular weight excluding hydrogens is 258 g/mol. The van der Waals surface area contributed by atoms with Crippen LogP contribution in [0.4, 0.5) is 0 Å². The highest BCUT2D eigenvalue weighted by atomic mass is 32.2. The summed E-state index contributed by atoms with van der Waals surface area (Å²) in [5.74, 6) is 0.979. The molecule has 1 amide bonds. The lowest BCUT2D eigenvalue weighted by Crippen LogP contribution is -2.40. The maximum absolute atomic E-state index is 11.8. The predicted molar refractivity (Wildman–Crippen MR) is 67.4 cm³/mol. The number of carbonyl (C=O) groups is 1. The van der Waals surface area contributed by atoms with Gasteiger partial charge in [0.2, 0.25) is 5.91 Å². The molecule has 5 nitrogen and oxygen atoms in total. The molecule has 0 aliphatic carbocycles. The van der Waals surface area contributed by atoms with Gasteiger partial charge in [0.15, 0.2) is 4.34 Å². The molecule has 0 atom stereocenters. The Morgan fingerprint density at radius 3 is 2.88 bits per heavy atom. The Hall–Kier alpha value is -0.660. The van der Waals surface area contributed by atoms with E-state index in [1.165, 1.54) is 0 Å². The molecule has 1 aliphatic heterocycles. The monoisotopic (exact) mass is 273 g/mol. The fourth-order valence-electron chi connectivity index (χ4n) is 1.53. The SMILES string of the molecule is Cc1nnc(SCCC(=O)N2CCOCC2)s1. The van der Waals surface area contributed by atoms with Crippen LogP contribution in [0, 0.1) is 6.92 Å². The number of aryl methyl sites for hydroxylation is 1. The van der Waals surface area contributed by atoms with Crippen LogP contribution in [0.5, 0.6) is 0 Å². The second-order valence-corrected chi connectivity index (χ2v) is 6.20. The molecule has 0 radical (unpaired) electrons. The third kappa shape index (κ3) is 3.93. The molecule has 0 spiro atoms. The average molecular weight is 273 g/mol. The number of ether oxygens (including phenoxy) is 1. The number of morpholine rings is 1. The smallest absolute Gasteiger partial charge is 0.223 e. The number of hydrogen-bond acceptors (Lipinski definition) is 6. The molecule has 2 rings (SSSR count). The van der Waals surface area contributed by atoms with Gasteiger partial charge >= 0.3 is 0 Å². The standard InChI is InChI=1S/C10H15N3O2S2/c1-8-11-12-10(17-8)16-7-2-9(14)13-3-5-15-6-4-13/h2-7H2,1H3. The van der Waals surface area contributed by atoms with E-state index in [9.17, 15) is 4.79 Å². The van der Waals surface area contributed by atoms with Gasteiger partial charge in [0.05, 0.1) is 13.2 Å². The van der Waals surface area contributed by atoms with E-state index in [1.54, 1.807) is 23.1 Å². The van der Waals surface area contributed by atoms with Crippen LogP contribution in [-0.2, 0) is 9.53 Å². The van der Waals surface area contributed by atoms with Crippen molar-refractivity contribution in [2.45, 2.75) is 17.7 Å². The van der Waals surface area contributed by atoms with Crippen molar-refractivity contribution in [3.63, 3.8) is 0 Å². The summed E-state index contributed by atoms with van der Waals surface area (Å²) < 4.78 is 6.15. The molecule has 1 saturated heterocycles. The Kier molecular flexibility index (Phi) is 4.75. The Morgan fingerprint density at radius 1 is 1.47 bits per heavy atom. The van der Waals surface area contributed by atoms with E-state index in [4.69, 9.17) is 4.74 Å². The van der Waals surface area contributed by atoms with Crippen LogP contribution in [0.15, 0.2) is 4.34 Å². The van der Waals surface area contributed by atoms with Crippen LogP contribution in [0.1, 0.15) is 11.4 Å². The van der Waals surface area contributed by atoms with Crippen LogP contribution in [0.2, 0.25) is 0 Å². The number of carbonyl (C=O) groups excluding carboxylic acids is 1. The Morgan fingerprint density at radius 2 is 2.24 bits per heavy atom. The quantitative estimate of drug-likeness (QED) is 0.771. The highest BCUT2D eigenvalue weighted by Crippen LogP contribution is 2.22. The van der Waals surface area contributed by atoms with Gasteiger partial charge in [-0.05, 0) is 6.92 Å². The second kappa shape index (κ2) is 6.32. The van der Waals surface area contributed by atoms with Gasteiger partial charge in [-0.15, -0.1) is 10.2 Å². The van der Waals surface area contributed by atoms with Crippen LogP contribution in [-0.4, -0.2) is 53.1 Å². The van der Waals surface area contributed by atoms with Gasteiger partial charge in [0.25, 0.3) is 0 Å². The maximum Gasteiger partial charge on any atom is 0.223 e. The molecule has 1 aliphatic rings. The van der Waals surface area contributed by atoms with Crippen LogP contribution < -0.4 is 0 Å². The lowest BCUT2D eigenvalue weighted by molar-refractivity contribution is -0.134. The number of thioether (sulfide) groups is 1. The first-order chi connectivity index (χ1) is 8.25. The number of amides is 1. The van der Waals surface area contributed by atoms with Gasteiger partial charge < -0.3 is 9.64 Å². The summed E-state index contributed by atoms with van der Waals surface area (Å²) in [7, 11) is 0. The first-order valence-corrected chi connectivity index (χ1v) is 7.34. The number of hydrogen-bond donors (Lipinski definition) is 0. The Labute approximate surface area is 109 Å². The van der Waals surface area contributed by atoms with Crippen molar-refractivity contribution in [1.82, 2.24) is 15.1 Å². The normalized spacial score (nSPS) is 16.2. The molecular formula is C10H15N3O2S2. The van der Waals surface area contributed by atoms with Gasteiger partial charge in [-0.25, -0.2) is 0 Å². The molecule has 1 aromatic rings. The van der Waals surface area contributed by atoms with E-state index in [2.05, 4.69) is 10.2 Å². The van der Waals surface area contributed by atoms with Crippen LogP contribution in [0.3, 0.4) is 0 Å². The van der Waals surface area contributed by atoms with E-state index in [1.807, 2.05) is 11.8 Å².